The molecule has 0 heterocycles. The molecule has 17 heavy (non-hydrogen) atoms. The molecular formula is C13H15BrO2Si. The van der Waals surface area contributed by atoms with Gasteiger partial charge in [0, 0.05) is 22.0 Å². The fourth-order valence-corrected chi connectivity index (χ4v) is 3.17. The van der Waals surface area contributed by atoms with Gasteiger partial charge in [-0.2, -0.15) is 0 Å². The molecule has 0 aliphatic heterocycles. The molecule has 0 aromatic heterocycles. The van der Waals surface area contributed by atoms with Crippen LogP contribution in [0.15, 0.2) is 28.2 Å². The number of benzene rings is 1. The van der Waals surface area contributed by atoms with Gasteiger partial charge in [-0.15, -0.1) is 0 Å². The van der Waals surface area contributed by atoms with Crippen LogP contribution in [0.3, 0.4) is 0 Å². The Hall–Kier alpha value is -0.873. The second-order valence-corrected chi connectivity index (χ2v) is 10.5. The molecule has 0 saturated heterocycles. The maximum absolute atomic E-state index is 11.1. The average Bonchev–Trinajstić information content (AvgIpc) is 2.53. The van der Waals surface area contributed by atoms with Gasteiger partial charge in [0.15, 0.2) is 0 Å². The van der Waals surface area contributed by atoms with Gasteiger partial charge in [0.2, 0.25) is 8.32 Å². The van der Waals surface area contributed by atoms with Crippen LogP contribution in [-0.4, -0.2) is 14.6 Å². The molecule has 0 amide bonds. The molecule has 1 aliphatic rings. The minimum Gasteiger partial charge on any atom is -0.544 e. The Labute approximate surface area is 111 Å². The van der Waals surface area contributed by atoms with E-state index in [1.807, 2.05) is 12.1 Å². The molecule has 1 aromatic rings. The van der Waals surface area contributed by atoms with Crippen LogP contribution in [0.1, 0.15) is 11.1 Å². The van der Waals surface area contributed by atoms with Crippen LogP contribution in [-0.2, 0) is 15.6 Å². The molecule has 0 radical (unpaired) electrons. The van der Waals surface area contributed by atoms with Gasteiger partial charge in [-0.05, 0) is 43.4 Å². The van der Waals surface area contributed by atoms with Crippen LogP contribution in [0.25, 0.3) is 5.76 Å². The van der Waals surface area contributed by atoms with Crippen LogP contribution < -0.4 is 0 Å². The smallest absolute Gasteiger partial charge is 0.242 e. The zero-order valence-electron chi connectivity index (χ0n) is 10.2. The fraction of sp³-hybridized carbons (Fsp3) is 0.308. The Kier molecular flexibility index (Phi) is 3.27. The highest BCUT2D eigenvalue weighted by molar-refractivity contribution is 9.10. The molecule has 2 nitrogen and oxygen atoms in total. The van der Waals surface area contributed by atoms with E-state index in [-0.39, 0.29) is 0 Å². The van der Waals surface area contributed by atoms with E-state index in [4.69, 9.17) is 4.43 Å². The van der Waals surface area contributed by atoms with Gasteiger partial charge < -0.3 is 4.43 Å². The molecule has 1 aliphatic carbocycles. The molecule has 0 atom stereocenters. The molecule has 2 rings (SSSR count). The van der Waals surface area contributed by atoms with Crippen molar-refractivity contribution in [2.75, 3.05) is 0 Å². The highest BCUT2D eigenvalue weighted by atomic mass is 79.9. The number of carbonyl (C=O) groups is 1. The second-order valence-electron chi connectivity index (χ2n) is 5.16. The number of allylic oxidation sites excluding steroid dienone is 1. The summed E-state index contributed by atoms with van der Waals surface area (Å²) in [6.45, 7) is 6.37. The summed E-state index contributed by atoms with van der Waals surface area (Å²) >= 11 is 3.45. The third kappa shape index (κ3) is 2.69. The number of carbonyl (C=O) groups excluding carboxylic acids is 1. The van der Waals surface area contributed by atoms with Crippen LogP contribution in [0.4, 0.5) is 0 Å². The lowest BCUT2D eigenvalue weighted by molar-refractivity contribution is -0.104. The molecule has 1 aromatic carbocycles. The number of hydrogen-bond donors (Lipinski definition) is 0. The summed E-state index contributed by atoms with van der Waals surface area (Å²) in [4.78, 5) is 11.1. The molecule has 4 heteroatoms. The Bertz CT molecular complexity index is 501. The Morgan fingerprint density at radius 1 is 1.35 bits per heavy atom. The summed E-state index contributed by atoms with van der Waals surface area (Å²) in [5.41, 5.74) is 2.99. The highest BCUT2D eigenvalue weighted by Gasteiger charge is 2.27. The van der Waals surface area contributed by atoms with Crippen molar-refractivity contribution in [2.45, 2.75) is 26.1 Å². The van der Waals surface area contributed by atoms with Gasteiger partial charge in [-0.3, -0.25) is 4.79 Å². The van der Waals surface area contributed by atoms with E-state index >= 15 is 0 Å². The van der Waals surface area contributed by atoms with Crippen LogP contribution >= 0.6 is 15.9 Å². The summed E-state index contributed by atoms with van der Waals surface area (Å²) in [5, 5.41) is 0. The van der Waals surface area contributed by atoms with E-state index in [1.54, 1.807) is 0 Å². The fourth-order valence-electron chi connectivity index (χ4n) is 1.91. The number of fused-ring (bicyclic) bond motifs is 1. The van der Waals surface area contributed by atoms with Crippen LogP contribution in [0.2, 0.25) is 19.6 Å². The topological polar surface area (TPSA) is 26.3 Å². The molecule has 0 fully saturated rings. The third-order valence-electron chi connectivity index (χ3n) is 2.53. The normalized spacial score (nSPS) is 14.8. The van der Waals surface area contributed by atoms with E-state index < -0.39 is 8.32 Å². The van der Waals surface area contributed by atoms with Gasteiger partial charge in [0.1, 0.15) is 12.0 Å². The largest absolute Gasteiger partial charge is 0.544 e. The first kappa shape index (κ1) is 12.6. The number of halogens is 1. The Morgan fingerprint density at radius 3 is 2.65 bits per heavy atom. The predicted octanol–water partition coefficient (Wildman–Crippen LogP) is 3.77. The molecule has 0 spiro atoms. The van der Waals surface area contributed by atoms with Crippen molar-refractivity contribution >= 4 is 36.3 Å². The maximum Gasteiger partial charge on any atom is 0.242 e. The van der Waals surface area contributed by atoms with E-state index in [1.165, 1.54) is 0 Å². The van der Waals surface area contributed by atoms with E-state index in [9.17, 15) is 4.79 Å². The van der Waals surface area contributed by atoms with Gasteiger partial charge in [0.25, 0.3) is 0 Å². The molecule has 0 N–H and O–H groups in total. The van der Waals surface area contributed by atoms with Gasteiger partial charge in [-0.25, -0.2) is 0 Å². The first-order valence-corrected chi connectivity index (χ1v) is 9.77. The summed E-state index contributed by atoms with van der Waals surface area (Å²) in [6.07, 6.45) is 1.60. The number of rotatable bonds is 3. The molecule has 0 bridgehead atoms. The first-order valence-electron chi connectivity index (χ1n) is 5.57. The van der Waals surface area contributed by atoms with Crippen LogP contribution in [0.5, 0.6) is 0 Å². The molecular weight excluding hydrogens is 296 g/mol. The quantitative estimate of drug-likeness (QED) is 0.627. The molecule has 0 unspecified atom stereocenters. The molecule has 90 valence electrons. The average molecular weight is 311 g/mol. The van der Waals surface area contributed by atoms with Crippen molar-refractivity contribution in [1.29, 1.82) is 0 Å². The van der Waals surface area contributed by atoms with Crippen molar-refractivity contribution in [1.82, 2.24) is 0 Å². The van der Waals surface area contributed by atoms with Crippen molar-refractivity contribution in [2.24, 2.45) is 0 Å². The summed E-state index contributed by atoms with van der Waals surface area (Å²) in [7, 11) is -1.69. The summed E-state index contributed by atoms with van der Waals surface area (Å²) < 4.78 is 7.08. The maximum atomic E-state index is 11.1. The van der Waals surface area contributed by atoms with E-state index in [0.717, 1.165) is 33.2 Å². The van der Waals surface area contributed by atoms with Gasteiger partial charge >= 0.3 is 0 Å². The Morgan fingerprint density at radius 2 is 2.06 bits per heavy atom. The lowest BCUT2D eigenvalue weighted by Gasteiger charge is -2.21. The van der Waals surface area contributed by atoms with Crippen molar-refractivity contribution in [3.05, 3.63) is 39.4 Å². The van der Waals surface area contributed by atoms with Crippen LogP contribution in [0, 0.1) is 0 Å². The van der Waals surface area contributed by atoms with Gasteiger partial charge in [0.05, 0.1) is 0 Å². The standard InChI is InChI=1S/C13H15BrO2Si/c1-17(2,3)16-13-10(8-15)6-9-7-11(14)4-5-12(9)13/h4-5,7-8H,6H2,1-3H3. The minimum atomic E-state index is -1.69. The van der Waals surface area contributed by atoms with E-state index in [2.05, 4.69) is 41.6 Å². The monoisotopic (exact) mass is 310 g/mol. The second kappa shape index (κ2) is 4.42. The predicted molar refractivity (Wildman–Crippen MR) is 75.3 cm³/mol. The lowest BCUT2D eigenvalue weighted by Crippen LogP contribution is -2.24. The van der Waals surface area contributed by atoms with Gasteiger partial charge in [-0.1, -0.05) is 15.9 Å². The number of aldehydes is 1. The van der Waals surface area contributed by atoms with Crippen molar-refractivity contribution in [3.8, 4) is 0 Å². The zero-order chi connectivity index (χ0) is 12.6. The summed E-state index contributed by atoms with van der Waals surface area (Å²) in [6, 6.07) is 6.06. The number of hydrogen-bond acceptors (Lipinski definition) is 2. The highest BCUT2D eigenvalue weighted by Crippen LogP contribution is 2.36. The molecule has 0 saturated carbocycles. The first-order chi connectivity index (χ1) is 7.90. The van der Waals surface area contributed by atoms with Crippen molar-refractivity contribution < 1.29 is 9.22 Å². The Balaban J connectivity index is 2.44. The van der Waals surface area contributed by atoms with E-state index in [0.29, 0.717) is 6.42 Å². The zero-order valence-corrected chi connectivity index (χ0v) is 12.8. The van der Waals surface area contributed by atoms with Crippen molar-refractivity contribution in [3.63, 3.8) is 0 Å². The summed E-state index contributed by atoms with van der Waals surface area (Å²) in [5.74, 6) is 0.793. The SMILES string of the molecule is C[Si](C)(C)OC1=C(C=O)Cc2cc(Br)ccc21. The third-order valence-corrected chi connectivity index (χ3v) is 3.84. The minimum absolute atomic E-state index is 0.679. The lowest BCUT2D eigenvalue weighted by atomic mass is 10.1.